The highest BCUT2D eigenvalue weighted by molar-refractivity contribution is 5.92. The molecule has 2 aromatic rings. The van der Waals surface area contributed by atoms with E-state index in [0.717, 1.165) is 30.0 Å². The van der Waals surface area contributed by atoms with Crippen molar-refractivity contribution < 1.29 is 14.3 Å². The molecule has 3 heterocycles. The van der Waals surface area contributed by atoms with Crippen LogP contribution in [0, 0.1) is 0 Å². The van der Waals surface area contributed by atoms with Crippen molar-refractivity contribution in [3.8, 4) is 0 Å². The first-order valence-electron chi connectivity index (χ1n) is 10.00. The van der Waals surface area contributed by atoms with E-state index >= 15 is 0 Å². The van der Waals surface area contributed by atoms with Crippen molar-refractivity contribution in [2.75, 3.05) is 51.3 Å². The number of nitrogens with zero attached hydrogens (tertiary/aromatic N) is 4. The largest absolute Gasteiger partial charge is 0.383 e. The third-order valence-electron chi connectivity index (χ3n) is 5.66. The number of rotatable bonds is 5. The van der Waals surface area contributed by atoms with Gasteiger partial charge >= 0.3 is 0 Å². The molecule has 152 valence electrons. The van der Waals surface area contributed by atoms with Gasteiger partial charge in [0.15, 0.2) is 0 Å². The highest BCUT2D eigenvalue weighted by Crippen LogP contribution is 2.32. The van der Waals surface area contributed by atoms with Crippen molar-refractivity contribution in [2.24, 2.45) is 0 Å². The average Bonchev–Trinajstić information content (AvgIpc) is 2.77. The number of benzene rings is 1. The molecule has 1 saturated heterocycles. The zero-order chi connectivity index (χ0) is 20.2. The average molecular weight is 394 g/mol. The molecule has 7 heteroatoms. The van der Waals surface area contributed by atoms with Crippen LogP contribution >= 0.6 is 0 Å². The number of pyridine rings is 1. The van der Waals surface area contributed by atoms with Crippen molar-refractivity contribution >= 4 is 17.6 Å². The number of hydrogen-bond acceptors (Lipinski definition) is 5. The first-order valence-corrected chi connectivity index (χ1v) is 10.00. The van der Waals surface area contributed by atoms with E-state index in [9.17, 15) is 9.59 Å². The van der Waals surface area contributed by atoms with Crippen LogP contribution in [0.1, 0.15) is 17.2 Å². The van der Waals surface area contributed by atoms with E-state index in [1.807, 2.05) is 47.4 Å². The normalized spacial score (nSPS) is 19.3. The van der Waals surface area contributed by atoms with Crippen molar-refractivity contribution in [1.82, 2.24) is 14.8 Å². The van der Waals surface area contributed by atoms with Crippen LogP contribution in [0.4, 0.5) is 5.82 Å². The van der Waals surface area contributed by atoms with Crippen LogP contribution in [0.5, 0.6) is 0 Å². The Morgan fingerprint density at radius 3 is 2.59 bits per heavy atom. The molecular weight excluding hydrogens is 368 g/mol. The highest BCUT2D eigenvalue weighted by Gasteiger charge is 2.39. The van der Waals surface area contributed by atoms with Crippen molar-refractivity contribution in [3.05, 3.63) is 59.8 Å². The zero-order valence-corrected chi connectivity index (χ0v) is 16.7. The van der Waals surface area contributed by atoms with Crippen LogP contribution < -0.4 is 4.90 Å². The highest BCUT2D eigenvalue weighted by atomic mass is 16.5. The molecule has 2 aliphatic heterocycles. The fraction of sp³-hybridized carbons (Fsp3) is 0.409. The molecule has 1 atom stereocenters. The fourth-order valence-corrected chi connectivity index (χ4v) is 4.12. The number of piperazine rings is 1. The van der Waals surface area contributed by atoms with E-state index in [1.54, 1.807) is 18.2 Å². The molecule has 0 saturated carbocycles. The molecule has 4 rings (SSSR count). The first kappa shape index (κ1) is 19.4. The van der Waals surface area contributed by atoms with Gasteiger partial charge in [-0.05, 0) is 23.3 Å². The molecule has 0 N–H and O–H groups in total. The summed E-state index contributed by atoms with van der Waals surface area (Å²) in [6.07, 6.45) is 2.11. The predicted octanol–water partition coefficient (Wildman–Crippen LogP) is 1.50. The minimum atomic E-state index is -0.580. The number of aromatic nitrogens is 1. The van der Waals surface area contributed by atoms with Crippen LogP contribution in [0.25, 0.3) is 0 Å². The van der Waals surface area contributed by atoms with Crippen LogP contribution in [-0.4, -0.2) is 73.0 Å². The Hall–Kier alpha value is -2.93. The van der Waals surface area contributed by atoms with Gasteiger partial charge in [0.25, 0.3) is 0 Å². The minimum Gasteiger partial charge on any atom is -0.383 e. The topological polar surface area (TPSA) is 66.0 Å². The number of hydrogen-bond donors (Lipinski definition) is 0. The van der Waals surface area contributed by atoms with Gasteiger partial charge in [-0.25, -0.2) is 4.98 Å². The van der Waals surface area contributed by atoms with Gasteiger partial charge in [-0.1, -0.05) is 30.3 Å². The Morgan fingerprint density at radius 1 is 1.10 bits per heavy atom. The molecule has 0 unspecified atom stereocenters. The lowest BCUT2D eigenvalue weighted by Gasteiger charge is -2.41. The van der Waals surface area contributed by atoms with E-state index in [-0.39, 0.29) is 11.8 Å². The van der Waals surface area contributed by atoms with Crippen LogP contribution in [0.2, 0.25) is 0 Å². The number of anilines is 1. The lowest BCUT2D eigenvalue weighted by atomic mass is 9.91. The Balaban J connectivity index is 1.53. The fourth-order valence-electron chi connectivity index (χ4n) is 4.12. The zero-order valence-electron chi connectivity index (χ0n) is 16.7. The summed E-state index contributed by atoms with van der Waals surface area (Å²) < 4.78 is 5.19. The Morgan fingerprint density at radius 2 is 1.86 bits per heavy atom. The SMILES string of the molecule is COCCN1C(=O)Cc2ccccc2[C@H]1C(=O)N1CCN(c2ccccn2)CC1. The van der Waals surface area contributed by atoms with Gasteiger partial charge in [0.1, 0.15) is 11.9 Å². The number of methoxy groups -OCH3 is 1. The Kier molecular flexibility index (Phi) is 5.76. The van der Waals surface area contributed by atoms with Crippen molar-refractivity contribution in [2.45, 2.75) is 12.5 Å². The van der Waals surface area contributed by atoms with Gasteiger partial charge in [-0.15, -0.1) is 0 Å². The van der Waals surface area contributed by atoms with E-state index in [4.69, 9.17) is 4.74 Å². The second kappa shape index (κ2) is 8.61. The number of carbonyl (C=O) groups is 2. The van der Waals surface area contributed by atoms with Gasteiger partial charge in [0, 0.05) is 46.0 Å². The number of ether oxygens (including phenoxy) is 1. The molecule has 0 aliphatic carbocycles. The number of amides is 2. The molecular formula is C22H26N4O3. The minimum absolute atomic E-state index is 0.0118. The summed E-state index contributed by atoms with van der Waals surface area (Å²) in [5.74, 6) is 0.896. The number of carbonyl (C=O) groups excluding carboxylic acids is 2. The summed E-state index contributed by atoms with van der Waals surface area (Å²) in [6, 6.07) is 13.0. The molecule has 7 nitrogen and oxygen atoms in total. The maximum absolute atomic E-state index is 13.5. The maximum Gasteiger partial charge on any atom is 0.250 e. The van der Waals surface area contributed by atoms with E-state index < -0.39 is 6.04 Å². The number of fused-ring (bicyclic) bond motifs is 1. The molecule has 1 aromatic carbocycles. The molecule has 0 spiro atoms. The third-order valence-corrected chi connectivity index (χ3v) is 5.66. The molecule has 0 bridgehead atoms. The van der Waals surface area contributed by atoms with E-state index in [0.29, 0.717) is 32.7 Å². The first-order chi connectivity index (χ1) is 14.2. The van der Waals surface area contributed by atoms with Crippen LogP contribution in [-0.2, 0) is 20.7 Å². The molecule has 1 fully saturated rings. The van der Waals surface area contributed by atoms with Crippen molar-refractivity contribution in [1.29, 1.82) is 0 Å². The molecule has 2 amide bonds. The molecule has 0 radical (unpaired) electrons. The summed E-state index contributed by atoms with van der Waals surface area (Å²) in [5.41, 5.74) is 1.87. The van der Waals surface area contributed by atoms with E-state index in [2.05, 4.69) is 9.88 Å². The smallest absolute Gasteiger partial charge is 0.250 e. The van der Waals surface area contributed by atoms with Gasteiger partial charge in [0.2, 0.25) is 11.8 Å². The van der Waals surface area contributed by atoms with Crippen molar-refractivity contribution in [3.63, 3.8) is 0 Å². The van der Waals surface area contributed by atoms with Gasteiger partial charge in [0.05, 0.1) is 13.0 Å². The Labute approximate surface area is 170 Å². The monoisotopic (exact) mass is 394 g/mol. The van der Waals surface area contributed by atoms with Crippen LogP contribution in [0.3, 0.4) is 0 Å². The van der Waals surface area contributed by atoms with Gasteiger partial charge < -0.3 is 19.4 Å². The predicted molar refractivity (Wildman–Crippen MR) is 110 cm³/mol. The summed E-state index contributed by atoms with van der Waals surface area (Å²) in [4.78, 5) is 36.5. The summed E-state index contributed by atoms with van der Waals surface area (Å²) in [6.45, 7) is 3.49. The molecule has 1 aromatic heterocycles. The lowest BCUT2D eigenvalue weighted by molar-refractivity contribution is -0.147. The van der Waals surface area contributed by atoms with Gasteiger partial charge in [-0.2, -0.15) is 0 Å². The quantitative estimate of drug-likeness (QED) is 0.769. The third kappa shape index (κ3) is 3.96. The second-order valence-corrected chi connectivity index (χ2v) is 7.36. The summed E-state index contributed by atoms with van der Waals surface area (Å²) in [5, 5.41) is 0. The summed E-state index contributed by atoms with van der Waals surface area (Å²) in [7, 11) is 1.61. The lowest BCUT2D eigenvalue weighted by Crippen LogP contribution is -2.54. The molecule has 29 heavy (non-hydrogen) atoms. The van der Waals surface area contributed by atoms with Crippen LogP contribution in [0.15, 0.2) is 48.7 Å². The van der Waals surface area contributed by atoms with E-state index in [1.165, 1.54) is 0 Å². The summed E-state index contributed by atoms with van der Waals surface area (Å²) >= 11 is 0. The van der Waals surface area contributed by atoms with Gasteiger partial charge in [-0.3, -0.25) is 9.59 Å². The maximum atomic E-state index is 13.5. The molecule has 2 aliphatic rings. The second-order valence-electron chi connectivity index (χ2n) is 7.36. The Bertz CT molecular complexity index is 865. The standard InChI is InChI=1S/C22H26N4O3/c1-29-15-14-26-20(27)16-17-6-2-3-7-18(17)21(26)22(28)25-12-10-24(11-13-25)19-8-4-5-9-23-19/h2-9,21H,10-16H2,1H3/t21-/m0/s1.